The van der Waals surface area contributed by atoms with Crippen molar-refractivity contribution in [1.29, 1.82) is 0 Å². The average molecular weight is 479 g/mol. The smallest absolute Gasteiger partial charge is 0.321 e. The van der Waals surface area contributed by atoms with Crippen molar-refractivity contribution in [2.45, 2.75) is 18.5 Å². The lowest BCUT2D eigenvalue weighted by Crippen LogP contribution is -2.44. The number of halogens is 2. The standard InChI is InChI=1S/C23H24Cl2N2O5/c24-14-1-5-16(6-2-14)31-10-9-20(23(29)30)27-11-18-19(12-27)22(18)26-21(28)13-32-17-7-3-15(25)4-8-17/h1-8,18-20,22H,9-13H2,(H,26,28)(H,29,30)/t18-,19+,20?,22?. The summed E-state index contributed by atoms with van der Waals surface area (Å²) in [7, 11) is 0. The van der Waals surface area contributed by atoms with Gasteiger partial charge in [-0.05, 0) is 60.4 Å². The number of nitrogens with zero attached hydrogens (tertiary/aromatic N) is 1. The fourth-order valence-corrected chi connectivity index (χ4v) is 4.47. The van der Waals surface area contributed by atoms with Crippen molar-refractivity contribution in [3.63, 3.8) is 0 Å². The summed E-state index contributed by atoms with van der Waals surface area (Å²) in [5.74, 6) is 0.741. The number of hydrogen-bond donors (Lipinski definition) is 2. The van der Waals surface area contributed by atoms with Crippen molar-refractivity contribution in [1.82, 2.24) is 10.2 Å². The van der Waals surface area contributed by atoms with Crippen LogP contribution >= 0.6 is 23.2 Å². The highest BCUT2D eigenvalue weighted by molar-refractivity contribution is 6.30. The van der Waals surface area contributed by atoms with Gasteiger partial charge in [0.05, 0.1) is 6.61 Å². The minimum atomic E-state index is -0.858. The summed E-state index contributed by atoms with van der Waals surface area (Å²) < 4.78 is 11.1. The highest BCUT2D eigenvalue weighted by atomic mass is 35.5. The van der Waals surface area contributed by atoms with Gasteiger partial charge in [-0.25, -0.2) is 0 Å². The topological polar surface area (TPSA) is 88.1 Å². The molecule has 2 aliphatic rings. The highest BCUT2D eigenvalue weighted by Gasteiger charge is 2.57. The Kier molecular flexibility index (Phi) is 7.08. The van der Waals surface area contributed by atoms with E-state index in [1.807, 2.05) is 4.90 Å². The lowest BCUT2D eigenvalue weighted by molar-refractivity contribution is -0.143. The molecule has 4 atom stereocenters. The number of aliphatic carboxylic acids is 1. The highest BCUT2D eigenvalue weighted by Crippen LogP contribution is 2.46. The number of carbonyl (C=O) groups excluding carboxylic acids is 1. The number of amides is 1. The number of ether oxygens (including phenoxy) is 2. The van der Waals surface area contributed by atoms with E-state index in [1.165, 1.54) is 0 Å². The molecule has 0 radical (unpaired) electrons. The van der Waals surface area contributed by atoms with Crippen LogP contribution in [-0.4, -0.2) is 60.3 Å². The van der Waals surface area contributed by atoms with Gasteiger partial charge in [0, 0.05) is 35.6 Å². The van der Waals surface area contributed by atoms with Gasteiger partial charge >= 0.3 is 5.97 Å². The van der Waals surface area contributed by atoms with Crippen LogP contribution < -0.4 is 14.8 Å². The monoisotopic (exact) mass is 478 g/mol. The summed E-state index contributed by atoms with van der Waals surface area (Å²) in [5.41, 5.74) is 0. The Hall–Kier alpha value is -2.48. The van der Waals surface area contributed by atoms with E-state index in [4.69, 9.17) is 32.7 Å². The van der Waals surface area contributed by atoms with E-state index in [0.717, 1.165) is 0 Å². The van der Waals surface area contributed by atoms with Gasteiger partial charge in [-0.15, -0.1) is 0 Å². The molecule has 1 heterocycles. The van der Waals surface area contributed by atoms with Crippen LogP contribution in [0, 0.1) is 11.8 Å². The summed E-state index contributed by atoms with van der Waals surface area (Å²) >= 11 is 11.7. The summed E-state index contributed by atoms with van der Waals surface area (Å²) in [5, 5.41) is 13.9. The van der Waals surface area contributed by atoms with Crippen LogP contribution in [0.4, 0.5) is 0 Å². The van der Waals surface area contributed by atoms with Gasteiger partial charge in [0.25, 0.3) is 5.91 Å². The van der Waals surface area contributed by atoms with Crippen molar-refractivity contribution in [2.24, 2.45) is 11.8 Å². The SMILES string of the molecule is O=C(COc1ccc(Cl)cc1)NC1[C@H]2CN(C(CCOc3ccc(Cl)cc3)C(=O)O)C[C@@H]12. The number of likely N-dealkylation sites (tertiary alicyclic amines) is 1. The lowest BCUT2D eigenvalue weighted by Gasteiger charge is -2.26. The zero-order valence-electron chi connectivity index (χ0n) is 17.2. The Labute approximate surface area is 196 Å². The van der Waals surface area contributed by atoms with Crippen molar-refractivity contribution in [3.8, 4) is 11.5 Å². The average Bonchev–Trinajstić information content (AvgIpc) is 3.19. The molecule has 4 rings (SSSR count). The van der Waals surface area contributed by atoms with Crippen LogP contribution in [0.25, 0.3) is 0 Å². The molecule has 2 unspecified atom stereocenters. The van der Waals surface area contributed by atoms with Crippen LogP contribution in [-0.2, 0) is 9.59 Å². The van der Waals surface area contributed by atoms with Crippen LogP contribution in [0.5, 0.6) is 11.5 Å². The molecule has 9 heteroatoms. The second-order valence-corrected chi connectivity index (χ2v) is 8.94. The Morgan fingerprint density at radius 3 is 2.03 bits per heavy atom. The van der Waals surface area contributed by atoms with Crippen LogP contribution in [0.2, 0.25) is 10.0 Å². The number of carbonyl (C=O) groups is 2. The van der Waals surface area contributed by atoms with Crippen LogP contribution in [0.15, 0.2) is 48.5 Å². The molecule has 1 saturated carbocycles. The summed E-state index contributed by atoms with van der Waals surface area (Å²) in [4.78, 5) is 25.9. The van der Waals surface area contributed by atoms with Gasteiger partial charge < -0.3 is 19.9 Å². The molecule has 1 saturated heterocycles. The molecule has 1 aliphatic heterocycles. The first-order valence-electron chi connectivity index (χ1n) is 10.4. The zero-order valence-corrected chi connectivity index (χ0v) is 18.8. The third-order valence-corrected chi connectivity index (χ3v) is 6.44. The van der Waals surface area contributed by atoms with E-state index in [-0.39, 0.29) is 30.4 Å². The van der Waals surface area contributed by atoms with Crippen molar-refractivity contribution >= 4 is 35.1 Å². The molecule has 32 heavy (non-hydrogen) atoms. The molecule has 0 aromatic heterocycles. The van der Waals surface area contributed by atoms with E-state index in [9.17, 15) is 14.7 Å². The Bertz CT molecular complexity index is 942. The molecule has 170 valence electrons. The molecule has 1 aliphatic carbocycles. The van der Waals surface area contributed by atoms with Crippen molar-refractivity contribution < 1.29 is 24.2 Å². The number of carboxylic acid groups (broad SMARTS) is 1. The Balaban J connectivity index is 1.19. The third kappa shape index (κ3) is 5.65. The molecular weight excluding hydrogens is 455 g/mol. The fourth-order valence-electron chi connectivity index (χ4n) is 4.22. The first-order valence-corrected chi connectivity index (χ1v) is 11.2. The maximum atomic E-state index is 12.2. The Morgan fingerprint density at radius 1 is 0.969 bits per heavy atom. The first kappa shape index (κ1) is 22.7. The fraction of sp³-hybridized carbons (Fsp3) is 0.391. The second kappa shape index (κ2) is 9.98. The lowest BCUT2D eigenvalue weighted by atomic mass is 10.1. The number of fused-ring (bicyclic) bond motifs is 1. The largest absolute Gasteiger partial charge is 0.494 e. The molecular formula is C23H24Cl2N2O5. The number of benzene rings is 2. The zero-order chi connectivity index (χ0) is 22.7. The van der Waals surface area contributed by atoms with E-state index in [1.54, 1.807) is 48.5 Å². The number of piperidine rings is 1. The molecule has 2 N–H and O–H groups in total. The van der Waals surface area contributed by atoms with Crippen molar-refractivity contribution in [2.75, 3.05) is 26.3 Å². The van der Waals surface area contributed by atoms with Gasteiger partial charge in [0.15, 0.2) is 6.61 Å². The molecule has 2 aromatic rings. The third-order valence-electron chi connectivity index (χ3n) is 5.93. The minimum Gasteiger partial charge on any atom is -0.494 e. The van der Waals surface area contributed by atoms with Crippen molar-refractivity contribution in [3.05, 3.63) is 58.6 Å². The van der Waals surface area contributed by atoms with Gasteiger partial charge in [0.1, 0.15) is 17.5 Å². The number of hydrogen-bond acceptors (Lipinski definition) is 5. The van der Waals surface area contributed by atoms with Gasteiger partial charge in [-0.2, -0.15) is 0 Å². The molecule has 2 aromatic carbocycles. The van der Waals surface area contributed by atoms with Crippen LogP contribution in [0.1, 0.15) is 6.42 Å². The molecule has 2 fully saturated rings. The summed E-state index contributed by atoms with van der Waals surface area (Å²) in [6.45, 7) is 1.52. The molecule has 7 nitrogen and oxygen atoms in total. The predicted molar refractivity (Wildman–Crippen MR) is 120 cm³/mol. The summed E-state index contributed by atoms with van der Waals surface area (Å²) in [6, 6.07) is 13.3. The van der Waals surface area contributed by atoms with E-state index in [2.05, 4.69) is 5.32 Å². The van der Waals surface area contributed by atoms with Crippen LogP contribution in [0.3, 0.4) is 0 Å². The normalized spacial score (nSPS) is 22.6. The maximum Gasteiger partial charge on any atom is 0.321 e. The molecule has 0 bridgehead atoms. The van der Waals surface area contributed by atoms with E-state index in [0.29, 0.717) is 47.7 Å². The second-order valence-electron chi connectivity index (χ2n) is 8.06. The first-order chi connectivity index (χ1) is 15.4. The van der Waals surface area contributed by atoms with Gasteiger partial charge in [-0.1, -0.05) is 23.2 Å². The Morgan fingerprint density at radius 2 is 1.50 bits per heavy atom. The molecule has 0 spiro atoms. The number of nitrogens with one attached hydrogen (secondary N) is 1. The van der Waals surface area contributed by atoms with Gasteiger partial charge in [-0.3, -0.25) is 14.5 Å². The molecule has 1 amide bonds. The van der Waals surface area contributed by atoms with E-state index >= 15 is 0 Å². The van der Waals surface area contributed by atoms with Gasteiger partial charge in [0.2, 0.25) is 0 Å². The number of rotatable bonds is 10. The summed E-state index contributed by atoms with van der Waals surface area (Å²) in [6.07, 6.45) is 0.378. The van der Waals surface area contributed by atoms with E-state index < -0.39 is 12.0 Å². The predicted octanol–water partition coefficient (Wildman–Crippen LogP) is 3.34. The number of carboxylic acids is 1. The minimum absolute atomic E-state index is 0.0684. The maximum absolute atomic E-state index is 12.2. The quantitative estimate of drug-likeness (QED) is 0.544.